The number of halogens is 2. The summed E-state index contributed by atoms with van der Waals surface area (Å²) in [7, 11) is 1.97. The van der Waals surface area contributed by atoms with Gasteiger partial charge in [0.15, 0.2) is 0 Å². The number of benzene rings is 2. The number of anilines is 3. The molecular weight excluding hydrogens is 300 g/mol. The lowest BCUT2D eigenvalue weighted by molar-refractivity contribution is 1.20. The second-order valence-electron chi connectivity index (χ2n) is 3.71. The molecule has 0 fully saturated rings. The topological polar surface area (TPSA) is 29.3 Å². The van der Waals surface area contributed by atoms with Crippen LogP contribution in [-0.2, 0) is 0 Å². The Hall–Kier alpha value is -1.19. The predicted octanol–water partition coefficient (Wildman–Crippen LogP) is 4.45. The maximum absolute atomic E-state index is 5.97. The molecule has 2 aromatic carbocycles. The molecule has 0 aliphatic rings. The molecular formula is C13H12BrClN2. The van der Waals surface area contributed by atoms with Gasteiger partial charge in [0.05, 0.1) is 17.1 Å². The van der Waals surface area contributed by atoms with Gasteiger partial charge in [-0.3, -0.25) is 0 Å². The number of hydrogen-bond donors (Lipinski definition) is 1. The third-order valence-electron chi connectivity index (χ3n) is 2.56. The zero-order chi connectivity index (χ0) is 12.4. The van der Waals surface area contributed by atoms with E-state index in [2.05, 4.69) is 15.9 Å². The Bertz CT molecular complexity index is 543. The average Bonchev–Trinajstić information content (AvgIpc) is 2.29. The fourth-order valence-electron chi connectivity index (χ4n) is 1.68. The average molecular weight is 312 g/mol. The fraction of sp³-hybridized carbons (Fsp3) is 0.0769. The number of hydrogen-bond acceptors (Lipinski definition) is 2. The van der Waals surface area contributed by atoms with Crippen LogP contribution in [0.3, 0.4) is 0 Å². The Morgan fingerprint density at radius 2 is 1.82 bits per heavy atom. The first-order valence-corrected chi connectivity index (χ1v) is 6.30. The van der Waals surface area contributed by atoms with E-state index in [-0.39, 0.29) is 0 Å². The van der Waals surface area contributed by atoms with Crippen LogP contribution in [0.25, 0.3) is 0 Å². The highest BCUT2D eigenvalue weighted by atomic mass is 79.9. The third-order valence-corrected chi connectivity index (χ3v) is 3.47. The first kappa shape index (κ1) is 12.3. The van der Waals surface area contributed by atoms with Crippen LogP contribution in [-0.4, -0.2) is 7.05 Å². The second-order valence-corrected chi connectivity index (χ2v) is 5.00. The molecule has 0 unspecified atom stereocenters. The predicted molar refractivity (Wildman–Crippen MR) is 78.1 cm³/mol. The lowest BCUT2D eigenvalue weighted by Gasteiger charge is -2.22. The Kier molecular flexibility index (Phi) is 3.60. The highest BCUT2D eigenvalue weighted by Crippen LogP contribution is 2.34. The molecule has 0 aliphatic heterocycles. The van der Waals surface area contributed by atoms with Crippen molar-refractivity contribution in [3.63, 3.8) is 0 Å². The van der Waals surface area contributed by atoms with Crippen molar-refractivity contribution in [3.8, 4) is 0 Å². The van der Waals surface area contributed by atoms with Crippen LogP contribution in [0.15, 0.2) is 46.9 Å². The van der Waals surface area contributed by atoms with Crippen LogP contribution in [0.5, 0.6) is 0 Å². The van der Waals surface area contributed by atoms with Crippen LogP contribution < -0.4 is 10.6 Å². The summed E-state index contributed by atoms with van der Waals surface area (Å²) in [5, 5.41) is 0.645. The molecule has 0 radical (unpaired) electrons. The SMILES string of the molecule is CN(c1ccc(Cl)cc1N)c1ccccc1Br. The van der Waals surface area contributed by atoms with E-state index in [1.807, 2.05) is 48.3 Å². The molecule has 2 nitrogen and oxygen atoms in total. The molecule has 2 rings (SSSR count). The molecule has 0 spiro atoms. The van der Waals surface area contributed by atoms with Crippen molar-refractivity contribution in [1.29, 1.82) is 0 Å². The number of para-hydroxylation sites is 1. The molecule has 88 valence electrons. The minimum absolute atomic E-state index is 0.645. The maximum atomic E-state index is 5.97. The van der Waals surface area contributed by atoms with Crippen LogP contribution in [0.4, 0.5) is 17.1 Å². The van der Waals surface area contributed by atoms with E-state index in [4.69, 9.17) is 17.3 Å². The molecule has 2 N–H and O–H groups in total. The lowest BCUT2D eigenvalue weighted by atomic mass is 10.2. The van der Waals surface area contributed by atoms with Crippen molar-refractivity contribution in [1.82, 2.24) is 0 Å². The largest absolute Gasteiger partial charge is 0.397 e. The van der Waals surface area contributed by atoms with Crippen molar-refractivity contribution in [2.24, 2.45) is 0 Å². The van der Waals surface area contributed by atoms with Gasteiger partial charge in [-0.2, -0.15) is 0 Å². The first-order valence-electron chi connectivity index (χ1n) is 5.13. The first-order chi connectivity index (χ1) is 8.09. The minimum atomic E-state index is 0.645. The van der Waals surface area contributed by atoms with Gasteiger partial charge in [0.1, 0.15) is 0 Å². The van der Waals surface area contributed by atoms with Gasteiger partial charge in [-0.05, 0) is 46.3 Å². The summed E-state index contributed by atoms with van der Waals surface area (Å²) >= 11 is 9.42. The standard InChI is InChI=1S/C13H12BrClN2/c1-17(12-5-3-2-4-10(12)14)13-7-6-9(15)8-11(13)16/h2-8H,16H2,1H3. The van der Waals surface area contributed by atoms with Crippen molar-refractivity contribution in [2.75, 3.05) is 17.7 Å². The van der Waals surface area contributed by atoms with Crippen molar-refractivity contribution in [3.05, 3.63) is 52.0 Å². The molecule has 0 bridgehead atoms. The highest BCUT2D eigenvalue weighted by Gasteiger charge is 2.10. The van der Waals surface area contributed by atoms with Crippen LogP contribution in [0.2, 0.25) is 5.02 Å². The van der Waals surface area contributed by atoms with Crippen molar-refractivity contribution < 1.29 is 0 Å². The molecule has 0 aliphatic carbocycles. The summed E-state index contributed by atoms with van der Waals surface area (Å²) in [5.41, 5.74) is 8.62. The summed E-state index contributed by atoms with van der Waals surface area (Å²) in [4.78, 5) is 2.02. The smallest absolute Gasteiger partial charge is 0.0643 e. The lowest BCUT2D eigenvalue weighted by Crippen LogP contribution is -2.11. The summed E-state index contributed by atoms with van der Waals surface area (Å²) in [6, 6.07) is 13.5. The van der Waals surface area contributed by atoms with Gasteiger partial charge in [-0.15, -0.1) is 0 Å². The summed E-state index contributed by atoms with van der Waals surface area (Å²) in [5.74, 6) is 0. The Morgan fingerprint density at radius 1 is 1.12 bits per heavy atom. The van der Waals surface area contributed by atoms with Crippen molar-refractivity contribution >= 4 is 44.6 Å². The monoisotopic (exact) mass is 310 g/mol. The number of nitrogens with two attached hydrogens (primary N) is 1. The van der Waals surface area contributed by atoms with E-state index >= 15 is 0 Å². The van der Waals surface area contributed by atoms with E-state index in [9.17, 15) is 0 Å². The second kappa shape index (κ2) is 4.98. The Labute approximate surface area is 114 Å². The molecule has 0 heterocycles. The maximum Gasteiger partial charge on any atom is 0.0643 e. The van der Waals surface area contributed by atoms with Gasteiger partial charge in [0, 0.05) is 16.5 Å². The number of nitrogens with zero attached hydrogens (tertiary/aromatic N) is 1. The van der Waals surface area contributed by atoms with Crippen LogP contribution >= 0.6 is 27.5 Å². The molecule has 0 atom stereocenters. The van der Waals surface area contributed by atoms with Crippen LogP contribution in [0, 0.1) is 0 Å². The zero-order valence-electron chi connectivity index (χ0n) is 9.32. The molecule has 17 heavy (non-hydrogen) atoms. The molecule has 4 heteroatoms. The zero-order valence-corrected chi connectivity index (χ0v) is 11.7. The highest BCUT2D eigenvalue weighted by molar-refractivity contribution is 9.10. The van der Waals surface area contributed by atoms with Gasteiger partial charge < -0.3 is 10.6 Å². The van der Waals surface area contributed by atoms with Gasteiger partial charge in [-0.25, -0.2) is 0 Å². The van der Waals surface area contributed by atoms with E-state index in [1.165, 1.54) is 0 Å². The molecule has 0 amide bonds. The minimum Gasteiger partial charge on any atom is -0.397 e. The van der Waals surface area contributed by atoms with Gasteiger partial charge >= 0.3 is 0 Å². The number of rotatable bonds is 2. The van der Waals surface area contributed by atoms with Crippen LogP contribution in [0.1, 0.15) is 0 Å². The Balaban J connectivity index is 2.44. The molecule has 2 aromatic rings. The molecule has 0 saturated carbocycles. The third kappa shape index (κ3) is 2.56. The van der Waals surface area contributed by atoms with E-state index in [0.29, 0.717) is 10.7 Å². The Morgan fingerprint density at radius 3 is 2.47 bits per heavy atom. The van der Waals surface area contributed by atoms with E-state index < -0.39 is 0 Å². The van der Waals surface area contributed by atoms with E-state index in [0.717, 1.165) is 15.8 Å². The summed E-state index contributed by atoms with van der Waals surface area (Å²) < 4.78 is 1.02. The summed E-state index contributed by atoms with van der Waals surface area (Å²) in [6.45, 7) is 0. The number of nitrogen functional groups attached to an aromatic ring is 1. The molecule has 0 saturated heterocycles. The van der Waals surface area contributed by atoms with Gasteiger partial charge in [0.25, 0.3) is 0 Å². The van der Waals surface area contributed by atoms with E-state index in [1.54, 1.807) is 6.07 Å². The normalized spacial score (nSPS) is 10.3. The van der Waals surface area contributed by atoms with Gasteiger partial charge in [-0.1, -0.05) is 23.7 Å². The quantitative estimate of drug-likeness (QED) is 0.830. The fourth-order valence-corrected chi connectivity index (χ4v) is 2.42. The van der Waals surface area contributed by atoms with Gasteiger partial charge in [0.2, 0.25) is 0 Å². The van der Waals surface area contributed by atoms with Crippen molar-refractivity contribution in [2.45, 2.75) is 0 Å². The molecule has 0 aromatic heterocycles. The summed E-state index contributed by atoms with van der Waals surface area (Å²) in [6.07, 6.45) is 0.